The average Bonchev–Trinajstić information content (AvgIpc) is 1.91. The maximum Gasteiger partial charge on any atom is 0.0691 e. The molecule has 1 fully saturated rings. The molecule has 0 saturated heterocycles. The van der Waals surface area contributed by atoms with Crippen LogP contribution in [0.1, 0.15) is 19.3 Å². The van der Waals surface area contributed by atoms with Crippen LogP contribution in [-0.2, 0) is 0 Å². The Bertz CT molecular complexity index is 61.4. The van der Waals surface area contributed by atoms with Crippen molar-refractivity contribution in [1.82, 2.24) is 0 Å². The fourth-order valence-corrected chi connectivity index (χ4v) is 0.969. The van der Waals surface area contributed by atoms with Crippen LogP contribution in [0.15, 0.2) is 0 Å². The predicted molar refractivity (Wildman–Crippen MR) is 38.2 cm³/mol. The van der Waals surface area contributed by atoms with Gasteiger partial charge in [-0.05, 0) is 19.3 Å². The highest BCUT2D eigenvalue weighted by molar-refractivity contribution is 8.93. The molecule has 0 aromatic heterocycles. The molecule has 0 unspecified atom stereocenters. The number of nitrogens with two attached hydrogens (primary N) is 1. The van der Waals surface area contributed by atoms with Gasteiger partial charge in [0.1, 0.15) is 0 Å². The van der Waals surface area contributed by atoms with Crippen molar-refractivity contribution in [1.29, 1.82) is 0 Å². The Labute approximate surface area is 59.8 Å². The number of hydrogen-bond acceptors (Lipinski definition) is 2. The van der Waals surface area contributed by atoms with E-state index in [2.05, 4.69) is 0 Å². The maximum atomic E-state index is 8.87. The smallest absolute Gasteiger partial charge is 0.0691 e. The van der Waals surface area contributed by atoms with Gasteiger partial charge in [0.25, 0.3) is 0 Å². The van der Waals surface area contributed by atoms with Crippen LogP contribution >= 0.6 is 17.0 Å². The number of hydrogen-bond donors (Lipinski definition) is 2. The molecule has 3 N–H and O–H groups in total. The van der Waals surface area contributed by atoms with E-state index in [0.717, 1.165) is 19.3 Å². The van der Waals surface area contributed by atoms with Crippen LogP contribution in [0.4, 0.5) is 0 Å². The molecular formula is C5H12BrNO. The number of aliphatic hydroxyl groups excluding tert-OH is 1. The molecule has 0 aromatic carbocycles. The van der Waals surface area contributed by atoms with E-state index in [1.165, 1.54) is 0 Å². The Morgan fingerprint density at radius 2 is 2.00 bits per heavy atom. The van der Waals surface area contributed by atoms with Crippen LogP contribution < -0.4 is 5.73 Å². The summed E-state index contributed by atoms with van der Waals surface area (Å²) >= 11 is 0. The van der Waals surface area contributed by atoms with Crippen molar-refractivity contribution < 1.29 is 5.11 Å². The molecule has 0 aliphatic heterocycles. The second kappa shape index (κ2) is 3.43. The summed E-state index contributed by atoms with van der Waals surface area (Å²) < 4.78 is 0. The summed E-state index contributed by atoms with van der Waals surface area (Å²) in [5.41, 5.74) is 5.43. The van der Waals surface area contributed by atoms with Crippen molar-refractivity contribution in [3.8, 4) is 0 Å². The Morgan fingerprint density at radius 3 is 2.12 bits per heavy atom. The van der Waals surface area contributed by atoms with Crippen molar-refractivity contribution in [2.75, 3.05) is 0 Å². The van der Waals surface area contributed by atoms with Crippen molar-refractivity contribution in [3.05, 3.63) is 0 Å². The molecule has 0 spiro atoms. The van der Waals surface area contributed by atoms with Crippen LogP contribution in [0.3, 0.4) is 0 Å². The van der Waals surface area contributed by atoms with Gasteiger partial charge in [0.15, 0.2) is 0 Å². The Balaban J connectivity index is 0.000000490. The summed E-state index contributed by atoms with van der Waals surface area (Å²) in [6.45, 7) is 0. The molecule has 8 heavy (non-hydrogen) atoms. The van der Waals surface area contributed by atoms with E-state index in [9.17, 15) is 0 Å². The number of halogens is 1. The van der Waals surface area contributed by atoms with Gasteiger partial charge in [-0.25, -0.2) is 0 Å². The SMILES string of the molecule is Br.N[C@@H]1CCC[C@H]1O. The fourth-order valence-electron chi connectivity index (χ4n) is 0.969. The Morgan fingerprint density at radius 1 is 1.38 bits per heavy atom. The number of aliphatic hydroxyl groups is 1. The standard InChI is InChI=1S/C5H11NO.BrH/c6-4-2-1-3-5(4)7;/h4-5,7H,1-3,6H2;1H/t4-,5-;/m1./s1. The second-order valence-corrected chi connectivity index (χ2v) is 2.16. The lowest BCUT2D eigenvalue weighted by atomic mass is 10.2. The molecule has 1 saturated carbocycles. The van der Waals surface area contributed by atoms with Crippen molar-refractivity contribution in [2.24, 2.45) is 5.73 Å². The van der Waals surface area contributed by atoms with E-state index < -0.39 is 0 Å². The van der Waals surface area contributed by atoms with Crippen molar-refractivity contribution in [2.45, 2.75) is 31.4 Å². The van der Waals surface area contributed by atoms with E-state index in [-0.39, 0.29) is 29.1 Å². The summed E-state index contributed by atoms with van der Waals surface area (Å²) in [7, 11) is 0. The minimum absolute atomic E-state index is 0. The summed E-state index contributed by atoms with van der Waals surface area (Å²) in [4.78, 5) is 0. The topological polar surface area (TPSA) is 46.2 Å². The van der Waals surface area contributed by atoms with Crippen LogP contribution in [0.2, 0.25) is 0 Å². The lowest BCUT2D eigenvalue weighted by Crippen LogP contribution is -2.28. The van der Waals surface area contributed by atoms with Gasteiger partial charge in [-0.15, -0.1) is 17.0 Å². The Hall–Kier alpha value is 0.400. The first kappa shape index (κ1) is 8.40. The van der Waals surface area contributed by atoms with Gasteiger partial charge in [0.2, 0.25) is 0 Å². The molecule has 1 aliphatic rings. The summed E-state index contributed by atoms with van der Waals surface area (Å²) in [6.07, 6.45) is 2.80. The average molecular weight is 182 g/mol. The van der Waals surface area contributed by atoms with Crippen LogP contribution in [0.5, 0.6) is 0 Å². The van der Waals surface area contributed by atoms with Gasteiger partial charge in [0.05, 0.1) is 6.10 Å². The first-order valence-electron chi connectivity index (χ1n) is 2.74. The van der Waals surface area contributed by atoms with Crippen LogP contribution in [0, 0.1) is 0 Å². The largest absolute Gasteiger partial charge is 0.392 e. The van der Waals surface area contributed by atoms with E-state index in [1.807, 2.05) is 0 Å². The molecule has 50 valence electrons. The minimum atomic E-state index is -0.208. The highest BCUT2D eigenvalue weighted by atomic mass is 79.9. The normalized spacial score (nSPS) is 36.8. The molecule has 0 aromatic rings. The fraction of sp³-hybridized carbons (Fsp3) is 1.00. The van der Waals surface area contributed by atoms with E-state index in [4.69, 9.17) is 10.8 Å². The molecule has 1 rings (SSSR count). The molecule has 3 heteroatoms. The summed E-state index contributed by atoms with van der Waals surface area (Å²) in [5, 5.41) is 8.87. The molecular weight excluding hydrogens is 170 g/mol. The van der Waals surface area contributed by atoms with Gasteiger partial charge in [-0.2, -0.15) is 0 Å². The predicted octanol–water partition coefficient (Wildman–Crippen LogP) is 0.436. The molecule has 0 radical (unpaired) electrons. The summed E-state index contributed by atoms with van der Waals surface area (Å²) in [6, 6.07) is 0.0694. The van der Waals surface area contributed by atoms with Gasteiger partial charge in [-0.1, -0.05) is 0 Å². The lowest BCUT2D eigenvalue weighted by Gasteiger charge is -2.04. The Kier molecular flexibility index (Phi) is 3.60. The monoisotopic (exact) mass is 181 g/mol. The molecule has 1 aliphatic carbocycles. The second-order valence-electron chi connectivity index (χ2n) is 2.16. The molecule has 0 amide bonds. The maximum absolute atomic E-state index is 8.87. The van der Waals surface area contributed by atoms with Crippen molar-refractivity contribution >= 4 is 17.0 Å². The highest BCUT2D eigenvalue weighted by Crippen LogP contribution is 2.15. The quantitative estimate of drug-likeness (QED) is 0.570. The molecule has 0 bridgehead atoms. The van der Waals surface area contributed by atoms with Crippen molar-refractivity contribution in [3.63, 3.8) is 0 Å². The molecule has 2 atom stereocenters. The minimum Gasteiger partial charge on any atom is -0.392 e. The first-order valence-corrected chi connectivity index (χ1v) is 2.74. The van der Waals surface area contributed by atoms with Gasteiger partial charge >= 0.3 is 0 Å². The van der Waals surface area contributed by atoms with E-state index >= 15 is 0 Å². The lowest BCUT2D eigenvalue weighted by molar-refractivity contribution is 0.165. The van der Waals surface area contributed by atoms with E-state index in [1.54, 1.807) is 0 Å². The van der Waals surface area contributed by atoms with E-state index in [0.29, 0.717) is 0 Å². The first-order chi connectivity index (χ1) is 3.30. The van der Waals surface area contributed by atoms with Crippen LogP contribution in [-0.4, -0.2) is 17.3 Å². The zero-order valence-electron chi connectivity index (χ0n) is 4.71. The van der Waals surface area contributed by atoms with Gasteiger partial charge < -0.3 is 10.8 Å². The van der Waals surface area contributed by atoms with Crippen LogP contribution in [0.25, 0.3) is 0 Å². The third kappa shape index (κ3) is 1.73. The number of rotatable bonds is 0. The third-order valence-corrected chi connectivity index (χ3v) is 1.53. The third-order valence-electron chi connectivity index (χ3n) is 1.53. The van der Waals surface area contributed by atoms with Gasteiger partial charge in [0, 0.05) is 6.04 Å². The molecule has 0 heterocycles. The summed E-state index contributed by atoms with van der Waals surface area (Å²) in [5.74, 6) is 0. The molecule has 2 nitrogen and oxygen atoms in total. The highest BCUT2D eigenvalue weighted by Gasteiger charge is 2.20. The zero-order valence-corrected chi connectivity index (χ0v) is 6.42. The zero-order chi connectivity index (χ0) is 5.28. The van der Waals surface area contributed by atoms with Gasteiger partial charge in [-0.3, -0.25) is 0 Å².